The predicted molar refractivity (Wildman–Crippen MR) is 227 cm³/mol. The van der Waals surface area contributed by atoms with Gasteiger partial charge >= 0.3 is 0 Å². The SMILES string of the molecule is c1ccc(-c2ccc(-c3ccc(C(c4ccc(-c5ccc(-c6ccc7oc8ccccc8c7c6)cc5)cc4)c4cccc5ccccc45)cc3)cc2)cc1. The molecule has 0 saturated heterocycles. The lowest BCUT2D eigenvalue weighted by Gasteiger charge is -2.22. The summed E-state index contributed by atoms with van der Waals surface area (Å²) in [7, 11) is 0. The summed E-state index contributed by atoms with van der Waals surface area (Å²) in [5, 5.41) is 4.84. The van der Waals surface area contributed by atoms with Gasteiger partial charge in [0, 0.05) is 16.7 Å². The number of fused-ring (bicyclic) bond motifs is 4. The van der Waals surface area contributed by atoms with Gasteiger partial charge in [0.15, 0.2) is 0 Å². The van der Waals surface area contributed by atoms with Gasteiger partial charge in [-0.05, 0) is 90.2 Å². The van der Waals surface area contributed by atoms with Crippen molar-refractivity contribution in [2.75, 3.05) is 0 Å². The van der Waals surface area contributed by atoms with E-state index in [2.05, 4.69) is 200 Å². The van der Waals surface area contributed by atoms with E-state index in [0.717, 1.165) is 21.9 Å². The molecular formula is C53H36O. The summed E-state index contributed by atoms with van der Waals surface area (Å²) in [6, 6.07) is 76.8. The zero-order valence-corrected chi connectivity index (χ0v) is 29.7. The molecule has 9 aromatic carbocycles. The first-order chi connectivity index (χ1) is 26.7. The highest BCUT2D eigenvalue weighted by atomic mass is 16.3. The summed E-state index contributed by atoms with van der Waals surface area (Å²) >= 11 is 0. The van der Waals surface area contributed by atoms with Crippen LogP contribution in [0.5, 0.6) is 0 Å². The summed E-state index contributed by atoms with van der Waals surface area (Å²) in [4.78, 5) is 0. The number of furan rings is 1. The van der Waals surface area contributed by atoms with Gasteiger partial charge in [0.05, 0.1) is 0 Å². The third kappa shape index (κ3) is 5.87. The van der Waals surface area contributed by atoms with Crippen molar-refractivity contribution in [2.45, 2.75) is 5.92 Å². The third-order valence-electron chi connectivity index (χ3n) is 10.9. The van der Waals surface area contributed by atoms with E-state index in [0.29, 0.717) is 0 Å². The lowest BCUT2D eigenvalue weighted by molar-refractivity contribution is 0.669. The van der Waals surface area contributed by atoms with Gasteiger partial charge in [0.2, 0.25) is 0 Å². The summed E-state index contributed by atoms with van der Waals surface area (Å²) in [6.07, 6.45) is 0. The molecule has 0 fully saturated rings. The molecule has 0 amide bonds. The lowest BCUT2D eigenvalue weighted by Crippen LogP contribution is -2.04. The number of hydrogen-bond donors (Lipinski definition) is 0. The second-order valence-corrected chi connectivity index (χ2v) is 14.1. The second kappa shape index (κ2) is 13.5. The monoisotopic (exact) mass is 688 g/mol. The molecule has 1 heteroatoms. The minimum absolute atomic E-state index is 0.0796. The Labute approximate surface area is 315 Å². The van der Waals surface area contributed by atoms with Gasteiger partial charge in [-0.25, -0.2) is 0 Å². The van der Waals surface area contributed by atoms with E-state index in [9.17, 15) is 0 Å². The molecule has 10 aromatic rings. The van der Waals surface area contributed by atoms with Gasteiger partial charge in [0.25, 0.3) is 0 Å². The van der Waals surface area contributed by atoms with Crippen molar-refractivity contribution < 1.29 is 4.42 Å². The zero-order chi connectivity index (χ0) is 35.8. The largest absolute Gasteiger partial charge is 0.456 e. The zero-order valence-electron chi connectivity index (χ0n) is 29.7. The quantitative estimate of drug-likeness (QED) is 0.152. The van der Waals surface area contributed by atoms with Gasteiger partial charge in [-0.15, -0.1) is 0 Å². The lowest BCUT2D eigenvalue weighted by atomic mass is 9.82. The molecule has 1 heterocycles. The van der Waals surface area contributed by atoms with Gasteiger partial charge in [-0.2, -0.15) is 0 Å². The first-order valence-electron chi connectivity index (χ1n) is 18.6. The normalized spacial score (nSPS) is 12.0. The summed E-state index contributed by atoms with van der Waals surface area (Å²) < 4.78 is 6.06. The Hall–Kier alpha value is -6.96. The topological polar surface area (TPSA) is 13.1 Å². The average molecular weight is 689 g/mol. The van der Waals surface area contributed by atoms with Crippen molar-refractivity contribution in [1.29, 1.82) is 0 Å². The minimum atomic E-state index is 0.0796. The minimum Gasteiger partial charge on any atom is -0.456 e. The van der Waals surface area contributed by atoms with Crippen LogP contribution < -0.4 is 0 Å². The van der Waals surface area contributed by atoms with Crippen LogP contribution in [0, 0.1) is 0 Å². The summed E-state index contributed by atoms with van der Waals surface area (Å²) in [6.45, 7) is 0. The third-order valence-corrected chi connectivity index (χ3v) is 10.9. The van der Waals surface area contributed by atoms with Crippen molar-refractivity contribution in [3.8, 4) is 44.5 Å². The molecule has 0 bridgehead atoms. The standard InChI is InChI=1S/C53H36O/c1-2-9-36(10-3-1)37-17-19-38(20-18-37)40-25-29-44(30-26-40)53(49-15-8-12-43-11-4-5-13-47(43)49)45-31-27-41(28-32-45)39-21-23-42(24-22-39)46-33-34-52-50(35-46)48-14-6-7-16-51(48)54-52/h1-35,53H. The van der Waals surface area contributed by atoms with E-state index in [4.69, 9.17) is 4.42 Å². The molecule has 10 rings (SSSR count). The molecule has 0 saturated carbocycles. The number of benzene rings is 9. The molecule has 0 spiro atoms. The molecule has 1 unspecified atom stereocenters. The van der Waals surface area contributed by atoms with Crippen LogP contribution in [-0.4, -0.2) is 0 Å². The van der Waals surface area contributed by atoms with E-state index in [1.54, 1.807) is 0 Å². The molecule has 1 nitrogen and oxygen atoms in total. The fraction of sp³-hybridized carbons (Fsp3) is 0.0189. The van der Waals surface area contributed by atoms with Gasteiger partial charge < -0.3 is 4.42 Å². The molecular weight excluding hydrogens is 653 g/mol. The van der Waals surface area contributed by atoms with Crippen LogP contribution in [0.1, 0.15) is 22.6 Å². The first kappa shape index (κ1) is 31.7. The molecule has 1 atom stereocenters. The molecule has 0 radical (unpaired) electrons. The van der Waals surface area contributed by atoms with Crippen LogP contribution in [0.15, 0.2) is 217 Å². The van der Waals surface area contributed by atoms with Crippen molar-refractivity contribution in [3.05, 3.63) is 229 Å². The predicted octanol–water partition coefficient (Wildman–Crippen LogP) is 14.6. The van der Waals surface area contributed by atoms with Crippen molar-refractivity contribution >= 4 is 32.7 Å². The molecule has 1 aromatic heterocycles. The highest BCUT2D eigenvalue weighted by Crippen LogP contribution is 2.39. The van der Waals surface area contributed by atoms with Crippen molar-refractivity contribution in [3.63, 3.8) is 0 Å². The highest BCUT2D eigenvalue weighted by molar-refractivity contribution is 6.06. The van der Waals surface area contributed by atoms with Crippen LogP contribution in [0.4, 0.5) is 0 Å². The molecule has 0 aliphatic rings. The van der Waals surface area contributed by atoms with E-state index in [1.165, 1.54) is 72.0 Å². The molecule has 0 aliphatic carbocycles. The smallest absolute Gasteiger partial charge is 0.135 e. The fourth-order valence-corrected chi connectivity index (χ4v) is 8.04. The van der Waals surface area contributed by atoms with Crippen molar-refractivity contribution in [1.82, 2.24) is 0 Å². The van der Waals surface area contributed by atoms with Crippen LogP contribution in [-0.2, 0) is 0 Å². The fourth-order valence-electron chi connectivity index (χ4n) is 8.04. The van der Waals surface area contributed by atoms with Crippen LogP contribution in [0.25, 0.3) is 77.2 Å². The average Bonchev–Trinajstić information content (AvgIpc) is 3.63. The number of hydrogen-bond acceptors (Lipinski definition) is 1. The maximum atomic E-state index is 6.06. The Bertz CT molecular complexity index is 2870. The molecule has 0 aliphatic heterocycles. The maximum absolute atomic E-state index is 6.06. The van der Waals surface area contributed by atoms with Crippen LogP contribution in [0.3, 0.4) is 0 Å². The highest BCUT2D eigenvalue weighted by Gasteiger charge is 2.20. The van der Waals surface area contributed by atoms with Gasteiger partial charge in [-0.3, -0.25) is 0 Å². The van der Waals surface area contributed by atoms with Crippen LogP contribution in [0.2, 0.25) is 0 Å². The van der Waals surface area contributed by atoms with E-state index >= 15 is 0 Å². The molecule has 54 heavy (non-hydrogen) atoms. The Morgan fingerprint density at radius 2 is 0.704 bits per heavy atom. The first-order valence-corrected chi connectivity index (χ1v) is 18.6. The van der Waals surface area contributed by atoms with Crippen LogP contribution >= 0.6 is 0 Å². The van der Waals surface area contributed by atoms with E-state index < -0.39 is 0 Å². The summed E-state index contributed by atoms with van der Waals surface area (Å²) in [5.41, 5.74) is 15.4. The number of para-hydroxylation sites is 1. The Morgan fingerprint density at radius 1 is 0.278 bits per heavy atom. The Balaban J connectivity index is 0.963. The molecule has 254 valence electrons. The van der Waals surface area contributed by atoms with Gasteiger partial charge in [-0.1, -0.05) is 194 Å². The van der Waals surface area contributed by atoms with Gasteiger partial charge in [0.1, 0.15) is 11.2 Å². The maximum Gasteiger partial charge on any atom is 0.135 e. The number of rotatable bonds is 7. The van der Waals surface area contributed by atoms with E-state index in [1.807, 2.05) is 12.1 Å². The summed E-state index contributed by atoms with van der Waals surface area (Å²) in [5.74, 6) is 0.0796. The van der Waals surface area contributed by atoms with E-state index in [-0.39, 0.29) is 5.92 Å². The Morgan fingerprint density at radius 3 is 1.31 bits per heavy atom. The second-order valence-electron chi connectivity index (χ2n) is 14.1. The Kier molecular flexibility index (Phi) is 7.96. The molecule has 0 N–H and O–H groups in total. The van der Waals surface area contributed by atoms with Crippen molar-refractivity contribution in [2.24, 2.45) is 0 Å².